The van der Waals surface area contributed by atoms with Crippen LogP contribution in [0.5, 0.6) is 0 Å². The van der Waals surface area contributed by atoms with Crippen LogP contribution >= 0.6 is 11.8 Å². The fourth-order valence-electron chi connectivity index (χ4n) is 4.99. The molecule has 22 heavy (non-hydrogen) atoms. The number of hydrogen-bond donors (Lipinski definition) is 0. The van der Waals surface area contributed by atoms with Crippen molar-refractivity contribution in [3.63, 3.8) is 0 Å². The SMILES string of the molecule is CCCCCCSCCB1O[C@@H]2CC3CC(C3(C)C)[C@]2(C)O1. The maximum atomic E-state index is 6.45. The number of rotatable bonds is 8. The standard InChI is InChI=1S/C18H33BO2S/c1-5-6-7-8-10-22-11-9-19-20-16-13-14-12-15(17(14,2)3)18(16,4)21-19/h14-16H,5-13H2,1-4H3/t14?,15?,16-,18+/m1/s1. The summed E-state index contributed by atoms with van der Waals surface area (Å²) in [6, 6.07) is 0. The van der Waals surface area contributed by atoms with Crippen LogP contribution in [0.3, 0.4) is 0 Å². The van der Waals surface area contributed by atoms with Crippen LogP contribution in [-0.2, 0) is 9.31 Å². The molecule has 4 aliphatic rings. The summed E-state index contributed by atoms with van der Waals surface area (Å²) >= 11 is 2.07. The minimum Gasteiger partial charge on any atom is -0.405 e. The summed E-state index contributed by atoms with van der Waals surface area (Å²) < 4.78 is 12.7. The second-order valence-corrected chi connectivity index (χ2v) is 9.58. The van der Waals surface area contributed by atoms with E-state index >= 15 is 0 Å². The Labute approximate surface area is 141 Å². The minimum absolute atomic E-state index is 0.0191. The van der Waals surface area contributed by atoms with Gasteiger partial charge in [0.2, 0.25) is 0 Å². The van der Waals surface area contributed by atoms with Crippen molar-refractivity contribution in [2.45, 2.75) is 84.2 Å². The molecular weight excluding hydrogens is 291 g/mol. The van der Waals surface area contributed by atoms with Gasteiger partial charge in [0.05, 0.1) is 11.7 Å². The lowest BCUT2D eigenvalue weighted by atomic mass is 9.43. The summed E-state index contributed by atoms with van der Waals surface area (Å²) in [5.41, 5.74) is 0.437. The third-order valence-corrected chi connectivity index (χ3v) is 7.74. The lowest BCUT2D eigenvalue weighted by molar-refractivity contribution is -0.199. The Kier molecular flexibility index (Phi) is 5.21. The van der Waals surface area contributed by atoms with Crippen molar-refractivity contribution in [2.75, 3.05) is 11.5 Å². The third kappa shape index (κ3) is 3.00. The van der Waals surface area contributed by atoms with Gasteiger partial charge in [-0.2, -0.15) is 11.8 Å². The average Bonchev–Trinajstić information content (AvgIpc) is 2.81. The molecule has 3 saturated carbocycles. The highest BCUT2D eigenvalue weighted by atomic mass is 32.2. The molecular formula is C18H33BO2S. The molecule has 0 N–H and O–H groups in total. The zero-order valence-corrected chi connectivity index (χ0v) is 15.7. The van der Waals surface area contributed by atoms with Crippen molar-refractivity contribution in [1.29, 1.82) is 0 Å². The summed E-state index contributed by atoms with van der Waals surface area (Å²) in [6.07, 6.45) is 9.43. The van der Waals surface area contributed by atoms with Crippen molar-refractivity contribution in [3.05, 3.63) is 0 Å². The van der Waals surface area contributed by atoms with E-state index in [1.54, 1.807) is 0 Å². The van der Waals surface area contributed by atoms with E-state index in [4.69, 9.17) is 9.31 Å². The molecule has 4 heteroatoms. The Morgan fingerprint density at radius 2 is 1.91 bits per heavy atom. The molecule has 4 atom stereocenters. The summed E-state index contributed by atoms with van der Waals surface area (Å²) in [5.74, 6) is 4.02. The Balaban J connectivity index is 1.39. The first-order valence-corrected chi connectivity index (χ1v) is 10.5. The Hall–Kier alpha value is 0.335. The van der Waals surface area contributed by atoms with Gasteiger partial charge in [0.25, 0.3) is 0 Å². The molecule has 0 spiro atoms. The van der Waals surface area contributed by atoms with Crippen molar-refractivity contribution in [1.82, 2.24) is 0 Å². The molecule has 2 bridgehead atoms. The van der Waals surface area contributed by atoms with E-state index < -0.39 is 0 Å². The molecule has 0 amide bonds. The van der Waals surface area contributed by atoms with E-state index in [0.717, 1.165) is 12.2 Å². The van der Waals surface area contributed by atoms with E-state index in [9.17, 15) is 0 Å². The second-order valence-electron chi connectivity index (χ2n) is 8.36. The van der Waals surface area contributed by atoms with Crippen LogP contribution in [0.25, 0.3) is 0 Å². The number of hydrogen-bond acceptors (Lipinski definition) is 3. The quantitative estimate of drug-likeness (QED) is 0.461. The predicted molar refractivity (Wildman–Crippen MR) is 96.4 cm³/mol. The summed E-state index contributed by atoms with van der Waals surface area (Å²) in [6.45, 7) is 9.44. The number of thioether (sulfide) groups is 1. The highest BCUT2D eigenvalue weighted by Gasteiger charge is 2.67. The van der Waals surface area contributed by atoms with Crippen molar-refractivity contribution in [2.24, 2.45) is 17.3 Å². The molecule has 126 valence electrons. The van der Waals surface area contributed by atoms with E-state index in [1.165, 1.54) is 50.0 Å². The smallest absolute Gasteiger partial charge is 0.405 e. The first-order chi connectivity index (χ1) is 10.5. The van der Waals surface area contributed by atoms with Crippen molar-refractivity contribution >= 4 is 18.9 Å². The van der Waals surface area contributed by atoms with E-state index in [1.807, 2.05) is 0 Å². The van der Waals surface area contributed by atoms with Crippen LogP contribution in [0, 0.1) is 17.3 Å². The molecule has 0 radical (unpaired) electrons. The average molecular weight is 324 g/mol. The molecule has 2 nitrogen and oxygen atoms in total. The highest BCUT2D eigenvalue weighted by molar-refractivity contribution is 7.99. The molecule has 4 rings (SSSR count). The van der Waals surface area contributed by atoms with E-state index in [2.05, 4.69) is 39.5 Å². The van der Waals surface area contributed by atoms with Gasteiger partial charge in [-0.1, -0.05) is 40.0 Å². The van der Waals surface area contributed by atoms with Gasteiger partial charge in [0, 0.05) is 0 Å². The zero-order chi connectivity index (χ0) is 15.8. The molecule has 0 aromatic rings. The monoisotopic (exact) mass is 324 g/mol. The van der Waals surface area contributed by atoms with Crippen LogP contribution in [0.1, 0.15) is 66.2 Å². The second kappa shape index (κ2) is 6.68. The first kappa shape index (κ1) is 17.2. The molecule has 1 saturated heterocycles. The Morgan fingerprint density at radius 3 is 2.64 bits per heavy atom. The van der Waals surface area contributed by atoms with Crippen molar-refractivity contribution < 1.29 is 9.31 Å². The first-order valence-electron chi connectivity index (χ1n) is 9.39. The van der Waals surface area contributed by atoms with Gasteiger partial charge >= 0.3 is 7.12 Å². The molecule has 3 aliphatic carbocycles. The summed E-state index contributed by atoms with van der Waals surface area (Å²) in [7, 11) is 0.0493. The lowest BCUT2D eigenvalue weighted by Crippen LogP contribution is -2.65. The molecule has 0 aromatic carbocycles. The normalized spacial score (nSPS) is 38.7. The topological polar surface area (TPSA) is 18.5 Å². The van der Waals surface area contributed by atoms with Crippen LogP contribution in [0.4, 0.5) is 0 Å². The van der Waals surface area contributed by atoms with Gasteiger partial charge in [0.15, 0.2) is 0 Å². The minimum atomic E-state index is -0.0191. The molecule has 1 heterocycles. The predicted octanol–water partition coefficient (Wildman–Crippen LogP) is 5.03. The van der Waals surface area contributed by atoms with Gasteiger partial charge in [0.1, 0.15) is 0 Å². The van der Waals surface area contributed by atoms with Gasteiger partial charge < -0.3 is 9.31 Å². The highest BCUT2D eigenvalue weighted by Crippen LogP contribution is 2.65. The van der Waals surface area contributed by atoms with E-state index in [0.29, 0.717) is 17.4 Å². The van der Waals surface area contributed by atoms with E-state index in [-0.39, 0.29) is 12.7 Å². The summed E-state index contributed by atoms with van der Waals surface area (Å²) in [5, 5.41) is 0. The van der Waals surface area contributed by atoms with Crippen molar-refractivity contribution in [3.8, 4) is 0 Å². The third-order valence-electron chi connectivity index (χ3n) is 6.64. The fourth-order valence-corrected chi connectivity index (χ4v) is 5.96. The molecule has 4 fully saturated rings. The fraction of sp³-hybridized carbons (Fsp3) is 1.00. The van der Waals surface area contributed by atoms with Crippen LogP contribution in [0.2, 0.25) is 6.32 Å². The molecule has 1 aliphatic heterocycles. The number of unbranched alkanes of at least 4 members (excludes halogenated alkanes) is 3. The Morgan fingerprint density at radius 1 is 1.09 bits per heavy atom. The largest absolute Gasteiger partial charge is 0.458 e. The van der Waals surface area contributed by atoms with Gasteiger partial charge in [-0.3, -0.25) is 0 Å². The van der Waals surface area contributed by atoms with Gasteiger partial charge in [-0.25, -0.2) is 0 Å². The van der Waals surface area contributed by atoms with Crippen LogP contribution < -0.4 is 0 Å². The maximum absolute atomic E-state index is 6.45. The van der Waals surface area contributed by atoms with Gasteiger partial charge in [-0.05, 0) is 61.3 Å². The summed E-state index contributed by atoms with van der Waals surface area (Å²) in [4.78, 5) is 0. The van der Waals surface area contributed by atoms with Gasteiger partial charge in [-0.15, -0.1) is 0 Å². The molecule has 2 unspecified atom stereocenters. The lowest BCUT2D eigenvalue weighted by Gasteiger charge is -2.64. The zero-order valence-electron chi connectivity index (χ0n) is 14.9. The molecule has 0 aromatic heterocycles. The van der Waals surface area contributed by atoms with Crippen LogP contribution in [0.15, 0.2) is 0 Å². The Bertz CT molecular complexity index is 389. The van der Waals surface area contributed by atoms with Crippen LogP contribution in [-0.4, -0.2) is 30.3 Å². The maximum Gasteiger partial charge on any atom is 0.458 e.